The normalized spacial score (nSPS) is 25.7. The Labute approximate surface area is 138 Å². The predicted molar refractivity (Wildman–Crippen MR) is 84.4 cm³/mol. The number of hydrogen-bond donors (Lipinski definition) is 0. The lowest BCUT2D eigenvalue weighted by Crippen LogP contribution is -2.43. The van der Waals surface area contributed by atoms with Gasteiger partial charge in [-0.1, -0.05) is 61.9 Å². The number of alkyl halides is 6. The lowest BCUT2D eigenvalue weighted by molar-refractivity contribution is -0.241. The molecule has 3 atom stereocenters. The molecular weight excluding hydrogens is 349 g/mol. The first-order chi connectivity index (χ1) is 11.1. The van der Waals surface area contributed by atoms with Crippen molar-refractivity contribution in [2.24, 2.45) is 0 Å². The molecule has 0 bridgehead atoms. The molecule has 0 amide bonds. The van der Waals surface area contributed by atoms with Gasteiger partial charge in [0, 0.05) is 5.66 Å². The van der Waals surface area contributed by atoms with Crippen LogP contribution in [0.3, 0.4) is 0 Å². The molecule has 1 aromatic carbocycles. The van der Waals surface area contributed by atoms with E-state index in [-0.39, 0.29) is 18.1 Å². The molecule has 0 spiro atoms. The van der Waals surface area contributed by atoms with Gasteiger partial charge in [-0.05, 0) is 25.7 Å². The molecule has 0 heterocycles. The Morgan fingerprint density at radius 3 is 2.21 bits per heavy atom. The highest BCUT2D eigenvalue weighted by molar-refractivity contribution is 7.60. The molecule has 24 heavy (non-hydrogen) atoms. The SMILES string of the molecule is CCCP(C1C=CC=CC1(F)c1ccccc1)C(F)(F)C(F)(F)F. The van der Waals surface area contributed by atoms with Crippen LogP contribution in [0.5, 0.6) is 0 Å². The van der Waals surface area contributed by atoms with E-state index in [1.807, 2.05) is 0 Å². The summed E-state index contributed by atoms with van der Waals surface area (Å²) in [6.07, 6.45) is -1.05. The highest BCUT2D eigenvalue weighted by Gasteiger charge is 2.65. The van der Waals surface area contributed by atoms with E-state index in [0.717, 1.165) is 12.2 Å². The fraction of sp³-hybridized carbons (Fsp3) is 0.412. The quantitative estimate of drug-likeness (QED) is 0.418. The van der Waals surface area contributed by atoms with Crippen molar-refractivity contribution in [1.82, 2.24) is 0 Å². The molecule has 0 saturated carbocycles. The second-order valence-electron chi connectivity index (χ2n) is 5.56. The fourth-order valence-corrected chi connectivity index (χ4v) is 5.46. The first-order valence-electron chi connectivity index (χ1n) is 7.46. The average Bonchev–Trinajstić information content (AvgIpc) is 2.53. The molecule has 1 aliphatic rings. The molecule has 0 aliphatic heterocycles. The van der Waals surface area contributed by atoms with Crippen LogP contribution < -0.4 is 0 Å². The number of benzene rings is 1. The Bertz CT molecular complexity index is 607. The zero-order valence-electron chi connectivity index (χ0n) is 12.9. The Morgan fingerprint density at radius 1 is 1.04 bits per heavy atom. The van der Waals surface area contributed by atoms with E-state index in [9.17, 15) is 22.0 Å². The molecule has 7 heteroatoms. The molecular formula is C17H17F6P. The molecule has 1 aromatic rings. The third-order valence-electron chi connectivity index (χ3n) is 3.89. The lowest BCUT2D eigenvalue weighted by atomic mass is 9.89. The molecule has 0 nitrogen and oxygen atoms in total. The van der Waals surface area contributed by atoms with Gasteiger partial charge in [0.25, 0.3) is 0 Å². The maximum absolute atomic E-state index is 15.6. The van der Waals surface area contributed by atoms with Crippen molar-refractivity contribution in [2.45, 2.75) is 36.5 Å². The Kier molecular flexibility index (Phi) is 5.48. The van der Waals surface area contributed by atoms with Crippen molar-refractivity contribution >= 4 is 7.92 Å². The summed E-state index contributed by atoms with van der Waals surface area (Å²) in [7, 11) is -2.99. The second kappa shape index (κ2) is 6.91. The van der Waals surface area contributed by atoms with Gasteiger partial charge in [0.15, 0.2) is 5.67 Å². The van der Waals surface area contributed by atoms with Crippen LogP contribution in [-0.4, -0.2) is 23.7 Å². The van der Waals surface area contributed by atoms with Gasteiger partial charge in [-0.2, -0.15) is 22.0 Å². The fourth-order valence-electron chi connectivity index (χ4n) is 2.75. The van der Waals surface area contributed by atoms with Gasteiger partial charge in [0.1, 0.15) is 0 Å². The Hall–Kier alpha value is -1.29. The number of allylic oxidation sites excluding steroid dienone is 4. The number of rotatable bonds is 5. The van der Waals surface area contributed by atoms with Crippen LogP contribution >= 0.6 is 7.92 Å². The molecule has 2 rings (SSSR count). The Balaban J connectivity index is 2.52. The summed E-state index contributed by atoms with van der Waals surface area (Å²) < 4.78 is 82.6. The van der Waals surface area contributed by atoms with Gasteiger partial charge in [-0.15, -0.1) is 0 Å². The van der Waals surface area contributed by atoms with E-state index >= 15 is 4.39 Å². The number of halogens is 6. The topological polar surface area (TPSA) is 0 Å². The van der Waals surface area contributed by atoms with Gasteiger partial charge < -0.3 is 0 Å². The third kappa shape index (κ3) is 3.39. The summed E-state index contributed by atoms with van der Waals surface area (Å²) in [5, 5.41) is 0. The smallest absolute Gasteiger partial charge is 0.233 e. The standard InChI is InChI=1S/C17H17F6P/c1-2-12-24(17(22,23)16(19,20)21)14-10-6-7-11-15(14,18)13-8-4-3-5-9-13/h3-11,14H,2,12H2,1H3. The summed E-state index contributed by atoms with van der Waals surface area (Å²) in [5.41, 5.74) is -8.76. The molecule has 132 valence electrons. The molecule has 0 saturated heterocycles. The van der Waals surface area contributed by atoms with Crippen LogP contribution in [0.15, 0.2) is 54.6 Å². The van der Waals surface area contributed by atoms with Crippen LogP contribution in [0.4, 0.5) is 26.3 Å². The third-order valence-corrected chi connectivity index (χ3v) is 7.02. The van der Waals surface area contributed by atoms with Crippen LogP contribution in [0.2, 0.25) is 0 Å². The second-order valence-corrected chi connectivity index (χ2v) is 8.06. The first-order valence-corrected chi connectivity index (χ1v) is 9.06. The Morgan fingerprint density at radius 2 is 1.67 bits per heavy atom. The van der Waals surface area contributed by atoms with Crippen LogP contribution in [0, 0.1) is 0 Å². The van der Waals surface area contributed by atoms with Gasteiger partial charge in [0.2, 0.25) is 0 Å². The first kappa shape index (κ1) is 19.0. The van der Waals surface area contributed by atoms with Crippen molar-refractivity contribution in [3.8, 4) is 0 Å². The molecule has 0 N–H and O–H groups in total. The van der Waals surface area contributed by atoms with Gasteiger partial charge in [0.05, 0.1) is 0 Å². The van der Waals surface area contributed by atoms with Gasteiger partial charge >= 0.3 is 11.8 Å². The van der Waals surface area contributed by atoms with Crippen molar-refractivity contribution < 1.29 is 26.3 Å². The number of hydrogen-bond acceptors (Lipinski definition) is 0. The minimum Gasteiger partial charge on any atom is -0.233 e. The highest BCUT2D eigenvalue weighted by Crippen LogP contribution is 2.67. The van der Waals surface area contributed by atoms with E-state index in [1.54, 1.807) is 6.07 Å². The predicted octanol–water partition coefficient (Wildman–Crippen LogP) is 6.39. The van der Waals surface area contributed by atoms with Crippen LogP contribution in [-0.2, 0) is 5.67 Å². The highest BCUT2D eigenvalue weighted by atomic mass is 31.1. The summed E-state index contributed by atoms with van der Waals surface area (Å²) in [5.74, 6) is 0. The van der Waals surface area contributed by atoms with Gasteiger partial charge in [-0.3, -0.25) is 0 Å². The largest absolute Gasteiger partial charge is 0.457 e. The van der Waals surface area contributed by atoms with Crippen molar-refractivity contribution in [3.63, 3.8) is 0 Å². The molecule has 0 radical (unpaired) electrons. The van der Waals surface area contributed by atoms with Gasteiger partial charge in [-0.25, -0.2) is 4.39 Å². The van der Waals surface area contributed by atoms with Crippen molar-refractivity contribution in [3.05, 3.63) is 60.2 Å². The van der Waals surface area contributed by atoms with Crippen molar-refractivity contribution in [1.29, 1.82) is 0 Å². The monoisotopic (exact) mass is 366 g/mol. The summed E-state index contributed by atoms with van der Waals surface area (Å²) in [6, 6.07) is 7.50. The molecule has 1 aliphatic carbocycles. The lowest BCUT2D eigenvalue weighted by Gasteiger charge is -2.41. The average molecular weight is 366 g/mol. The maximum Gasteiger partial charge on any atom is 0.457 e. The summed E-state index contributed by atoms with van der Waals surface area (Å²) in [6.45, 7) is 1.52. The van der Waals surface area contributed by atoms with Crippen LogP contribution in [0.25, 0.3) is 0 Å². The van der Waals surface area contributed by atoms with E-state index in [0.29, 0.717) is 0 Å². The van der Waals surface area contributed by atoms with E-state index in [4.69, 9.17) is 0 Å². The maximum atomic E-state index is 15.6. The van der Waals surface area contributed by atoms with Crippen LogP contribution in [0.1, 0.15) is 18.9 Å². The summed E-state index contributed by atoms with van der Waals surface area (Å²) >= 11 is 0. The minimum atomic E-state index is -5.69. The molecule has 3 unspecified atom stereocenters. The zero-order chi connectivity index (χ0) is 18.0. The molecule has 0 aromatic heterocycles. The van der Waals surface area contributed by atoms with E-state index in [1.165, 1.54) is 43.3 Å². The zero-order valence-corrected chi connectivity index (χ0v) is 13.8. The summed E-state index contributed by atoms with van der Waals surface area (Å²) in [4.78, 5) is 0. The molecule has 0 fully saturated rings. The van der Waals surface area contributed by atoms with Crippen molar-refractivity contribution in [2.75, 3.05) is 6.16 Å². The van der Waals surface area contributed by atoms with E-state index in [2.05, 4.69) is 0 Å². The van der Waals surface area contributed by atoms with E-state index < -0.39 is 31.1 Å². The minimum absolute atomic E-state index is 0.0807.